The summed E-state index contributed by atoms with van der Waals surface area (Å²) in [6, 6.07) is 4.45. The number of halogens is 1. The Kier molecular flexibility index (Phi) is 6.90. The molecule has 0 radical (unpaired) electrons. The Hall–Kier alpha value is -2.84. The van der Waals surface area contributed by atoms with Gasteiger partial charge in [0.25, 0.3) is 0 Å². The number of nitrogens with zero attached hydrogens (tertiary/aromatic N) is 1. The van der Waals surface area contributed by atoms with Crippen LogP contribution in [0.3, 0.4) is 0 Å². The fourth-order valence-electron chi connectivity index (χ4n) is 3.63. The van der Waals surface area contributed by atoms with Crippen molar-refractivity contribution in [3.8, 4) is 0 Å². The van der Waals surface area contributed by atoms with Gasteiger partial charge in [-0.1, -0.05) is 12.8 Å². The highest BCUT2D eigenvalue weighted by Gasteiger charge is 2.32. The van der Waals surface area contributed by atoms with Crippen LogP contribution >= 0.6 is 0 Å². The van der Waals surface area contributed by atoms with Gasteiger partial charge >= 0.3 is 6.09 Å². The molecule has 9 heteroatoms. The molecule has 0 bridgehead atoms. The van der Waals surface area contributed by atoms with Crippen LogP contribution in [0.4, 0.5) is 20.6 Å². The molecule has 2 aliphatic rings. The maximum atomic E-state index is 14.4. The average Bonchev–Trinajstić information content (AvgIpc) is 3.34. The Balaban J connectivity index is 1.47. The van der Waals surface area contributed by atoms with Crippen molar-refractivity contribution in [2.45, 2.75) is 38.7 Å². The molecule has 3 rings (SSSR count). The molecular formula is C20H27FN4O4. The van der Waals surface area contributed by atoms with Crippen LogP contribution in [0.1, 0.15) is 32.6 Å². The summed E-state index contributed by atoms with van der Waals surface area (Å²) in [5.74, 6) is -0.523. The number of hydrogen-bond acceptors (Lipinski definition) is 5. The first-order valence-electron chi connectivity index (χ1n) is 9.97. The monoisotopic (exact) mass is 406 g/mol. The molecule has 2 fully saturated rings. The molecule has 0 aromatic heterocycles. The van der Waals surface area contributed by atoms with Gasteiger partial charge in [-0.2, -0.15) is 0 Å². The van der Waals surface area contributed by atoms with Gasteiger partial charge < -0.3 is 20.7 Å². The fourth-order valence-corrected chi connectivity index (χ4v) is 3.63. The van der Waals surface area contributed by atoms with Gasteiger partial charge in [0.2, 0.25) is 11.8 Å². The van der Waals surface area contributed by atoms with Crippen LogP contribution in [0.2, 0.25) is 0 Å². The van der Waals surface area contributed by atoms with E-state index in [0.717, 1.165) is 25.7 Å². The molecule has 8 nitrogen and oxygen atoms in total. The molecule has 0 unspecified atom stereocenters. The Morgan fingerprint density at radius 2 is 1.97 bits per heavy atom. The second-order valence-electron chi connectivity index (χ2n) is 7.42. The lowest BCUT2D eigenvalue weighted by Gasteiger charge is -2.15. The van der Waals surface area contributed by atoms with E-state index in [1.54, 1.807) is 12.1 Å². The molecule has 0 spiro atoms. The molecule has 3 N–H and O–H groups in total. The normalized spacial score (nSPS) is 19.2. The highest BCUT2D eigenvalue weighted by atomic mass is 19.1. The summed E-state index contributed by atoms with van der Waals surface area (Å²) in [6.07, 6.45) is 3.05. The quantitative estimate of drug-likeness (QED) is 0.574. The summed E-state index contributed by atoms with van der Waals surface area (Å²) in [4.78, 5) is 36.3. The summed E-state index contributed by atoms with van der Waals surface area (Å²) in [7, 11) is 0. The summed E-state index contributed by atoms with van der Waals surface area (Å²) < 4.78 is 19.6. The zero-order chi connectivity index (χ0) is 20.8. The van der Waals surface area contributed by atoms with Crippen LogP contribution in [-0.2, 0) is 14.3 Å². The first-order valence-corrected chi connectivity index (χ1v) is 9.97. The van der Waals surface area contributed by atoms with E-state index >= 15 is 0 Å². The molecule has 1 saturated carbocycles. The smallest absolute Gasteiger partial charge is 0.414 e. The highest BCUT2D eigenvalue weighted by molar-refractivity contribution is 5.90. The predicted octanol–water partition coefficient (Wildman–Crippen LogP) is 2.01. The van der Waals surface area contributed by atoms with Crippen molar-refractivity contribution >= 4 is 29.3 Å². The number of rotatable bonds is 8. The van der Waals surface area contributed by atoms with E-state index in [2.05, 4.69) is 16.0 Å². The molecule has 1 aromatic carbocycles. The molecular weight excluding hydrogens is 379 g/mol. The van der Waals surface area contributed by atoms with Crippen molar-refractivity contribution in [1.82, 2.24) is 10.6 Å². The first-order chi connectivity index (χ1) is 13.9. The van der Waals surface area contributed by atoms with Crippen LogP contribution in [-0.4, -0.2) is 50.2 Å². The number of cyclic esters (lactones) is 1. The van der Waals surface area contributed by atoms with Crippen LogP contribution in [0.5, 0.6) is 0 Å². The molecule has 158 valence electrons. The number of carbonyl (C=O) groups excluding carboxylic acids is 3. The Morgan fingerprint density at radius 3 is 2.66 bits per heavy atom. The van der Waals surface area contributed by atoms with Gasteiger partial charge in [0, 0.05) is 25.9 Å². The summed E-state index contributed by atoms with van der Waals surface area (Å²) in [6.45, 7) is 2.65. The Morgan fingerprint density at radius 1 is 1.21 bits per heavy atom. The van der Waals surface area contributed by atoms with E-state index in [9.17, 15) is 18.8 Å². The molecule has 1 atom stereocenters. The highest BCUT2D eigenvalue weighted by Crippen LogP contribution is 2.26. The van der Waals surface area contributed by atoms with E-state index in [0.29, 0.717) is 24.5 Å². The van der Waals surface area contributed by atoms with Crippen molar-refractivity contribution in [1.29, 1.82) is 0 Å². The number of nitrogens with one attached hydrogen (secondary N) is 3. The number of hydrogen-bond donors (Lipinski definition) is 3. The van der Waals surface area contributed by atoms with Crippen LogP contribution < -0.4 is 20.9 Å². The summed E-state index contributed by atoms with van der Waals surface area (Å²) in [5, 5.41) is 8.43. The minimum atomic E-state index is -0.574. The maximum Gasteiger partial charge on any atom is 0.414 e. The zero-order valence-electron chi connectivity index (χ0n) is 16.5. The van der Waals surface area contributed by atoms with Gasteiger partial charge in [0.1, 0.15) is 11.9 Å². The van der Waals surface area contributed by atoms with Gasteiger partial charge in [-0.3, -0.25) is 14.5 Å². The number of anilines is 2. The van der Waals surface area contributed by atoms with Crippen molar-refractivity contribution in [3.05, 3.63) is 24.0 Å². The molecule has 1 heterocycles. The topological polar surface area (TPSA) is 99.8 Å². The third-order valence-corrected chi connectivity index (χ3v) is 5.18. The SMILES string of the molecule is CC(=O)NC[C@H]1CN(c2ccc(NCCNC(=O)C3CCCC3)c(F)c2)C(=O)O1. The fraction of sp³-hybridized carbons (Fsp3) is 0.550. The summed E-state index contributed by atoms with van der Waals surface area (Å²) >= 11 is 0. The largest absolute Gasteiger partial charge is 0.442 e. The van der Waals surface area contributed by atoms with Gasteiger partial charge in [-0.25, -0.2) is 9.18 Å². The maximum absolute atomic E-state index is 14.4. The first kappa shape index (κ1) is 20.9. The Labute approximate surface area is 169 Å². The number of amides is 3. The minimum absolute atomic E-state index is 0.0708. The van der Waals surface area contributed by atoms with E-state index in [1.165, 1.54) is 17.9 Å². The lowest BCUT2D eigenvalue weighted by Crippen LogP contribution is -2.33. The van der Waals surface area contributed by atoms with Crippen molar-refractivity contribution in [2.24, 2.45) is 5.92 Å². The molecule has 3 amide bonds. The van der Waals surface area contributed by atoms with Gasteiger partial charge in [-0.15, -0.1) is 0 Å². The predicted molar refractivity (Wildman–Crippen MR) is 106 cm³/mol. The third-order valence-electron chi connectivity index (χ3n) is 5.18. The lowest BCUT2D eigenvalue weighted by molar-refractivity contribution is -0.124. The lowest BCUT2D eigenvalue weighted by atomic mass is 10.1. The van der Waals surface area contributed by atoms with Gasteiger partial charge in [-0.05, 0) is 31.0 Å². The summed E-state index contributed by atoms with van der Waals surface area (Å²) in [5.41, 5.74) is 0.684. The van der Waals surface area contributed by atoms with E-state index in [-0.39, 0.29) is 30.8 Å². The van der Waals surface area contributed by atoms with Crippen molar-refractivity contribution in [2.75, 3.05) is 36.4 Å². The van der Waals surface area contributed by atoms with Gasteiger partial charge in [0.05, 0.1) is 24.5 Å². The van der Waals surface area contributed by atoms with Gasteiger partial charge in [0.15, 0.2) is 0 Å². The van der Waals surface area contributed by atoms with Crippen molar-refractivity contribution < 1.29 is 23.5 Å². The minimum Gasteiger partial charge on any atom is -0.442 e. The van der Waals surface area contributed by atoms with E-state index < -0.39 is 18.0 Å². The molecule has 29 heavy (non-hydrogen) atoms. The average molecular weight is 406 g/mol. The molecule has 1 aromatic rings. The van der Waals surface area contributed by atoms with E-state index in [1.807, 2.05) is 0 Å². The van der Waals surface area contributed by atoms with Crippen LogP contribution in [0.25, 0.3) is 0 Å². The number of ether oxygens (including phenoxy) is 1. The van der Waals surface area contributed by atoms with Crippen LogP contribution in [0, 0.1) is 11.7 Å². The number of carbonyl (C=O) groups is 3. The second kappa shape index (κ2) is 9.58. The zero-order valence-corrected chi connectivity index (χ0v) is 16.5. The molecule has 1 aliphatic carbocycles. The van der Waals surface area contributed by atoms with E-state index in [4.69, 9.17) is 4.74 Å². The molecule has 1 saturated heterocycles. The third kappa shape index (κ3) is 5.58. The standard InChI is InChI=1S/C20H27FN4O4/c1-13(26)24-11-16-12-25(20(28)29-16)15-6-7-18(17(21)10-15)22-8-9-23-19(27)14-4-2-3-5-14/h6-7,10,14,16,22H,2-5,8-9,11-12H2,1H3,(H,23,27)(H,24,26)/t16-/m0/s1. The van der Waals surface area contributed by atoms with Crippen LogP contribution in [0.15, 0.2) is 18.2 Å². The second-order valence-corrected chi connectivity index (χ2v) is 7.42. The van der Waals surface area contributed by atoms with Crippen molar-refractivity contribution in [3.63, 3.8) is 0 Å². The Bertz CT molecular complexity index is 767. The number of benzene rings is 1. The molecule has 1 aliphatic heterocycles.